The van der Waals surface area contributed by atoms with Crippen molar-refractivity contribution in [1.82, 2.24) is 15.7 Å². The lowest BCUT2D eigenvalue weighted by atomic mass is 9.62. The number of aliphatic hydroxyl groups is 2. The number of nitrogens with zero attached hydrogens (tertiary/aromatic N) is 1. The van der Waals surface area contributed by atoms with Crippen LogP contribution in [-0.2, 0) is 68.6 Å². The summed E-state index contributed by atoms with van der Waals surface area (Å²) < 4.78 is 35.8. The van der Waals surface area contributed by atoms with E-state index >= 15 is 4.79 Å². The van der Waals surface area contributed by atoms with E-state index in [-0.39, 0.29) is 44.2 Å². The quantitative estimate of drug-likeness (QED) is 0.105. The zero-order valence-electron chi connectivity index (χ0n) is 36.5. The summed E-state index contributed by atoms with van der Waals surface area (Å²) in [5.41, 5.74) is -1.98. The highest BCUT2D eigenvalue weighted by Gasteiger charge is 2.78. The average molecular weight is 882 g/mol. The minimum atomic E-state index is -1.70. The molecule has 10 unspecified atom stereocenters. The summed E-state index contributed by atoms with van der Waals surface area (Å²) in [5, 5.41) is 27.9. The van der Waals surface area contributed by atoms with E-state index in [0.717, 1.165) is 25.7 Å². The number of esters is 4. The lowest BCUT2D eigenvalue weighted by molar-refractivity contribution is -0.235. The van der Waals surface area contributed by atoms with Crippen molar-refractivity contribution >= 4 is 41.8 Å². The number of hydrogen-bond donors (Lipinski definition) is 4. The molecule has 7 aliphatic rings. The van der Waals surface area contributed by atoms with Crippen LogP contribution in [0, 0.1) is 22.7 Å². The number of rotatable bonds is 16. The number of benzene rings is 1. The number of amides is 2. The van der Waals surface area contributed by atoms with Gasteiger partial charge in [-0.15, -0.1) is 0 Å². The fraction of sp³-hybridized carbons (Fsp3) is 0.689. The summed E-state index contributed by atoms with van der Waals surface area (Å²) in [6, 6.07) is 3.23. The van der Waals surface area contributed by atoms with Gasteiger partial charge in [0.2, 0.25) is 17.9 Å². The Morgan fingerprint density at radius 3 is 2.30 bits per heavy atom. The van der Waals surface area contributed by atoms with Crippen LogP contribution in [0.15, 0.2) is 30.3 Å². The number of nitrogens with one attached hydrogen (secondary N) is 2. The van der Waals surface area contributed by atoms with Crippen LogP contribution in [-0.4, -0.2) is 130 Å². The molecule has 63 heavy (non-hydrogen) atoms. The maximum absolute atomic E-state index is 15.1. The second-order valence-electron chi connectivity index (χ2n) is 19.8. The highest BCUT2D eigenvalue weighted by atomic mass is 16.8. The van der Waals surface area contributed by atoms with Gasteiger partial charge in [0.1, 0.15) is 48.1 Å². The maximum atomic E-state index is 15.1. The summed E-state index contributed by atoms with van der Waals surface area (Å²) in [6.45, 7) is 9.55. The molecule has 10 atom stereocenters. The van der Waals surface area contributed by atoms with Crippen LogP contribution < -0.4 is 10.6 Å². The van der Waals surface area contributed by atoms with Gasteiger partial charge in [-0.05, 0) is 77.0 Å². The van der Waals surface area contributed by atoms with E-state index in [1.54, 1.807) is 58.9 Å². The molecule has 4 N–H and O–H groups in total. The molecule has 1 aromatic rings. The molecule has 2 amide bonds. The minimum Gasteiger partial charge on any atom is -0.462 e. The molecule has 0 spiro atoms. The lowest BCUT2D eigenvalue weighted by Crippen LogP contribution is -2.71. The molecular formula is C45H59N3O15. The molecule has 0 aromatic heterocycles. The van der Waals surface area contributed by atoms with E-state index in [1.807, 2.05) is 0 Å². The number of aliphatic hydroxyl groups excluding tert-OH is 2. The lowest BCUT2D eigenvalue weighted by Gasteiger charge is -2.49. The Morgan fingerprint density at radius 1 is 1.00 bits per heavy atom. The molecule has 4 saturated heterocycles. The highest BCUT2D eigenvalue weighted by molar-refractivity contribution is 5.96. The third-order valence-electron chi connectivity index (χ3n) is 13.2. The standard InChI is InChI=1S/C45H59N3O15/c1-23(50)32(38(53)46-28(21-49)16-18-31(52)60-42(2,3)4)47-41(56)44-19-29-33-34(62-45(61-33,26-12-13-26)27-14-15-27)36(44)63-48(35(44)39(54)58-29)20-25-10-8-7-9-24(25)11-17-30(51)59-37-40(55)57-22-43(37,5)6/h7-11,17,23,26-29,32-37,49-50H,12-16,18-22H2,1-6H3,(H,46,53)(H,47,56). The van der Waals surface area contributed by atoms with Crippen LogP contribution in [0.5, 0.6) is 0 Å². The van der Waals surface area contributed by atoms with Crippen molar-refractivity contribution in [1.29, 1.82) is 0 Å². The molecule has 8 rings (SSSR count). The van der Waals surface area contributed by atoms with Crippen LogP contribution in [0.4, 0.5) is 0 Å². The van der Waals surface area contributed by atoms with Crippen LogP contribution in [0.1, 0.15) is 97.6 Å². The summed E-state index contributed by atoms with van der Waals surface area (Å²) in [6.07, 6.45) is 0.142. The zero-order chi connectivity index (χ0) is 45.2. The van der Waals surface area contributed by atoms with Gasteiger partial charge in [-0.3, -0.25) is 24.0 Å². The predicted octanol–water partition coefficient (Wildman–Crippen LogP) is 1.76. The molecule has 3 aliphatic carbocycles. The van der Waals surface area contributed by atoms with Gasteiger partial charge in [0.05, 0.1) is 25.3 Å². The highest BCUT2D eigenvalue weighted by Crippen LogP contribution is 2.64. The monoisotopic (exact) mass is 881 g/mol. The van der Waals surface area contributed by atoms with Crippen molar-refractivity contribution in [2.75, 3.05) is 13.2 Å². The summed E-state index contributed by atoms with van der Waals surface area (Å²) in [4.78, 5) is 87.7. The van der Waals surface area contributed by atoms with E-state index < -0.39 is 119 Å². The number of ether oxygens (including phenoxy) is 6. The van der Waals surface area contributed by atoms with Crippen molar-refractivity contribution in [3.05, 3.63) is 41.5 Å². The van der Waals surface area contributed by atoms with E-state index in [1.165, 1.54) is 24.1 Å². The molecule has 344 valence electrons. The number of cyclic esters (lactones) is 1. The van der Waals surface area contributed by atoms with Gasteiger partial charge in [-0.25, -0.2) is 9.59 Å². The maximum Gasteiger partial charge on any atom is 0.348 e. The van der Waals surface area contributed by atoms with Crippen molar-refractivity contribution in [3.63, 3.8) is 0 Å². The van der Waals surface area contributed by atoms with Crippen LogP contribution in [0.2, 0.25) is 0 Å². The number of hydroxylamine groups is 2. The Balaban J connectivity index is 1.06. The zero-order valence-corrected chi connectivity index (χ0v) is 36.5. The molecule has 3 saturated carbocycles. The van der Waals surface area contributed by atoms with Gasteiger partial charge in [-0.2, -0.15) is 5.06 Å². The molecule has 18 heteroatoms. The van der Waals surface area contributed by atoms with Crippen LogP contribution >= 0.6 is 0 Å². The topological polar surface area (TPSA) is 235 Å². The first-order valence-corrected chi connectivity index (χ1v) is 22.0. The van der Waals surface area contributed by atoms with E-state index in [4.69, 9.17) is 33.3 Å². The van der Waals surface area contributed by atoms with Gasteiger partial charge < -0.3 is 49.3 Å². The number of hydrogen-bond acceptors (Lipinski definition) is 16. The first-order chi connectivity index (χ1) is 29.8. The van der Waals surface area contributed by atoms with Crippen molar-refractivity contribution in [3.8, 4) is 0 Å². The first-order valence-electron chi connectivity index (χ1n) is 22.0. The van der Waals surface area contributed by atoms with E-state index in [2.05, 4.69) is 10.6 Å². The average Bonchev–Trinajstić information content (AvgIpc) is 4.16. The van der Waals surface area contributed by atoms with Crippen LogP contribution in [0.25, 0.3) is 6.08 Å². The SMILES string of the molecule is CC(O)C(NC(=O)C12CC3OC(=O)C1N(Cc1ccccc1C=CC(=O)OC1C(=O)OCC1(C)C)OC2C1OC(C2CC2)(C2CC2)OC31)C(=O)NC(CO)CCC(=O)OC(C)(C)C. The van der Waals surface area contributed by atoms with Crippen molar-refractivity contribution in [2.45, 2.75) is 159 Å². The number of carbonyl (C=O) groups is 6. The van der Waals surface area contributed by atoms with Gasteiger partial charge in [0, 0.05) is 36.2 Å². The minimum absolute atomic E-state index is 0.0252. The number of carbonyl (C=O) groups excluding carboxylic acids is 6. The summed E-state index contributed by atoms with van der Waals surface area (Å²) in [7, 11) is 0. The Bertz CT molecular complexity index is 2010. The third-order valence-corrected chi connectivity index (χ3v) is 13.2. The largest absolute Gasteiger partial charge is 0.462 e. The van der Waals surface area contributed by atoms with Gasteiger partial charge in [-0.1, -0.05) is 38.1 Å². The molecule has 1 aromatic carbocycles. The Labute approximate surface area is 365 Å². The Morgan fingerprint density at radius 2 is 1.68 bits per heavy atom. The van der Waals surface area contributed by atoms with Crippen LogP contribution in [0.3, 0.4) is 0 Å². The Kier molecular flexibility index (Phi) is 12.1. The van der Waals surface area contributed by atoms with Crippen molar-refractivity contribution in [2.24, 2.45) is 22.7 Å². The molecule has 2 bridgehead atoms. The molecular weight excluding hydrogens is 823 g/mol. The van der Waals surface area contributed by atoms with Gasteiger partial charge in [0.25, 0.3) is 0 Å². The molecule has 0 radical (unpaired) electrons. The molecule has 4 heterocycles. The smallest absolute Gasteiger partial charge is 0.348 e. The van der Waals surface area contributed by atoms with Crippen molar-refractivity contribution < 1.29 is 72.2 Å². The fourth-order valence-electron chi connectivity index (χ4n) is 9.79. The molecule has 18 nitrogen and oxygen atoms in total. The van der Waals surface area contributed by atoms with E-state index in [0.29, 0.717) is 11.1 Å². The van der Waals surface area contributed by atoms with Gasteiger partial charge in [0.15, 0.2) is 11.8 Å². The first kappa shape index (κ1) is 45.1. The van der Waals surface area contributed by atoms with Gasteiger partial charge >= 0.3 is 23.9 Å². The summed E-state index contributed by atoms with van der Waals surface area (Å²) >= 11 is 0. The third kappa shape index (κ3) is 8.74. The normalized spacial score (nSPS) is 31.9. The number of fused-ring (bicyclic) bond motifs is 4. The Hall–Kier alpha value is -4.46. The fourth-order valence-corrected chi connectivity index (χ4v) is 9.79. The molecule has 4 aliphatic heterocycles. The predicted molar refractivity (Wildman–Crippen MR) is 217 cm³/mol. The van der Waals surface area contributed by atoms with E-state index in [9.17, 15) is 34.2 Å². The second-order valence-corrected chi connectivity index (χ2v) is 19.8. The summed E-state index contributed by atoms with van der Waals surface area (Å²) in [5.74, 6) is -4.86. The molecule has 7 fully saturated rings. The second kappa shape index (κ2) is 16.8.